The number of nitrogen functional groups attached to an aromatic ring is 1. The van der Waals surface area contributed by atoms with Crippen LogP contribution in [-0.2, 0) is 11.3 Å². The van der Waals surface area contributed by atoms with Crippen LogP contribution in [0.2, 0.25) is 5.02 Å². The van der Waals surface area contributed by atoms with E-state index < -0.39 is 17.2 Å². The number of anilines is 2. The van der Waals surface area contributed by atoms with Gasteiger partial charge in [0, 0.05) is 24.7 Å². The summed E-state index contributed by atoms with van der Waals surface area (Å²) in [5, 5.41) is 0.552. The number of halogens is 1. The zero-order chi connectivity index (χ0) is 19.3. The summed E-state index contributed by atoms with van der Waals surface area (Å²) in [6.45, 7) is 2.34. The fraction of sp³-hybridized carbons (Fsp3) is 0.278. The highest BCUT2D eigenvalue weighted by Crippen LogP contribution is 2.17. The molecule has 26 heavy (non-hydrogen) atoms. The zero-order valence-corrected chi connectivity index (χ0v) is 15.4. The number of amides is 1. The molecular weight excluding hydrogens is 356 g/mol. The highest BCUT2D eigenvalue weighted by molar-refractivity contribution is 6.30. The van der Waals surface area contributed by atoms with E-state index in [-0.39, 0.29) is 11.5 Å². The maximum absolute atomic E-state index is 12.4. The van der Waals surface area contributed by atoms with Crippen molar-refractivity contribution in [3.63, 3.8) is 0 Å². The number of rotatable bonds is 6. The lowest BCUT2D eigenvalue weighted by molar-refractivity contribution is -0.113. The first kappa shape index (κ1) is 19.5. The molecule has 0 saturated carbocycles. The van der Waals surface area contributed by atoms with Crippen molar-refractivity contribution >= 4 is 35.1 Å². The van der Waals surface area contributed by atoms with Crippen LogP contribution in [0.15, 0.2) is 39.9 Å². The smallest absolute Gasteiger partial charge is 0.330 e. The molecule has 0 atom stereocenters. The average Bonchev–Trinajstić information content (AvgIpc) is 2.59. The van der Waals surface area contributed by atoms with E-state index in [0.717, 1.165) is 23.3 Å². The number of unbranched alkanes of at least 4 members (excludes halogenated alkanes) is 1. The van der Waals surface area contributed by atoms with Crippen LogP contribution in [0.5, 0.6) is 0 Å². The largest absolute Gasteiger partial charge is 0.383 e. The molecule has 0 bridgehead atoms. The number of aromatic amines is 1. The fourth-order valence-electron chi connectivity index (χ4n) is 2.44. The van der Waals surface area contributed by atoms with Gasteiger partial charge in [0.2, 0.25) is 0 Å². The molecule has 0 aliphatic heterocycles. The number of nitrogens with zero attached hydrogens (tertiary/aromatic N) is 2. The van der Waals surface area contributed by atoms with Crippen molar-refractivity contribution in [3.05, 3.63) is 61.8 Å². The summed E-state index contributed by atoms with van der Waals surface area (Å²) in [7, 11) is 1.43. The van der Waals surface area contributed by atoms with Gasteiger partial charge in [0.15, 0.2) is 5.69 Å². The molecule has 2 aromatic rings. The molecule has 1 aromatic carbocycles. The number of H-pyrrole nitrogens is 1. The monoisotopic (exact) mass is 376 g/mol. The van der Waals surface area contributed by atoms with Gasteiger partial charge in [-0.05, 0) is 30.2 Å². The van der Waals surface area contributed by atoms with Gasteiger partial charge >= 0.3 is 5.69 Å². The summed E-state index contributed by atoms with van der Waals surface area (Å²) in [4.78, 5) is 39.9. The number of carbonyl (C=O) groups is 1. The van der Waals surface area contributed by atoms with Crippen LogP contribution in [0.4, 0.5) is 11.5 Å². The molecule has 7 nitrogen and oxygen atoms in total. The molecule has 0 radical (unpaired) electrons. The van der Waals surface area contributed by atoms with Gasteiger partial charge in [-0.1, -0.05) is 37.1 Å². The second-order valence-corrected chi connectivity index (χ2v) is 6.22. The molecule has 138 valence electrons. The Labute approximate surface area is 155 Å². The summed E-state index contributed by atoms with van der Waals surface area (Å²) in [5.41, 5.74) is 5.40. The molecule has 0 fully saturated rings. The SMILES string of the molecule is CCCCn1c(N)c(N(C)C(=O)/C=C/c2cccc(Cl)c2)c(=O)[nH]c1=O. The summed E-state index contributed by atoms with van der Waals surface area (Å²) >= 11 is 5.91. The van der Waals surface area contributed by atoms with E-state index in [0.29, 0.717) is 11.6 Å². The van der Waals surface area contributed by atoms with Gasteiger partial charge in [-0.25, -0.2) is 4.79 Å². The highest BCUT2D eigenvalue weighted by Gasteiger charge is 2.19. The number of aromatic nitrogens is 2. The van der Waals surface area contributed by atoms with Crippen LogP contribution in [0.1, 0.15) is 25.3 Å². The second kappa shape index (κ2) is 8.53. The predicted octanol–water partition coefficient (Wildman–Crippen LogP) is 2.25. The van der Waals surface area contributed by atoms with E-state index in [1.807, 2.05) is 6.92 Å². The molecule has 0 aliphatic carbocycles. The number of hydrogen-bond acceptors (Lipinski definition) is 4. The standard InChI is InChI=1S/C18H21ClN4O3/c1-3-4-10-23-16(20)15(17(25)21-18(23)26)22(2)14(24)9-8-12-6-5-7-13(19)11-12/h5-9,11H,3-4,10,20H2,1-2H3,(H,21,25,26)/b9-8+. The Balaban J connectivity index is 2.33. The van der Waals surface area contributed by atoms with Crippen LogP contribution in [-0.4, -0.2) is 22.5 Å². The lowest BCUT2D eigenvalue weighted by atomic mass is 10.2. The maximum atomic E-state index is 12.4. The minimum atomic E-state index is -0.702. The first-order valence-electron chi connectivity index (χ1n) is 8.19. The molecule has 0 unspecified atom stereocenters. The molecule has 2 rings (SSSR count). The number of hydrogen-bond donors (Lipinski definition) is 2. The van der Waals surface area contributed by atoms with Crippen molar-refractivity contribution in [2.24, 2.45) is 0 Å². The Bertz CT molecular complexity index is 946. The molecule has 0 spiro atoms. The fourth-order valence-corrected chi connectivity index (χ4v) is 2.64. The van der Waals surface area contributed by atoms with E-state index >= 15 is 0 Å². The summed E-state index contributed by atoms with van der Waals surface area (Å²) < 4.78 is 1.27. The number of nitrogens with one attached hydrogen (secondary N) is 1. The summed E-state index contributed by atoms with van der Waals surface area (Å²) in [6.07, 6.45) is 4.48. The van der Waals surface area contributed by atoms with Gasteiger partial charge in [-0.2, -0.15) is 0 Å². The third-order valence-electron chi connectivity index (χ3n) is 3.88. The van der Waals surface area contributed by atoms with Gasteiger partial charge in [0.1, 0.15) is 5.82 Å². The van der Waals surface area contributed by atoms with Crippen LogP contribution in [0.25, 0.3) is 6.08 Å². The van der Waals surface area contributed by atoms with Crippen LogP contribution in [0.3, 0.4) is 0 Å². The van der Waals surface area contributed by atoms with E-state index in [4.69, 9.17) is 17.3 Å². The third kappa shape index (κ3) is 4.43. The molecule has 3 N–H and O–H groups in total. The molecular formula is C18H21ClN4O3. The van der Waals surface area contributed by atoms with Gasteiger partial charge < -0.3 is 10.6 Å². The number of likely N-dealkylation sites (N-methyl/N-ethyl adjacent to an activating group) is 1. The van der Waals surface area contributed by atoms with Crippen molar-refractivity contribution in [1.29, 1.82) is 0 Å². The normalized spacial score (nSPS) is 11.0. The lowest BCUT2D eigenvalue weighted by Gasteiger charge is -2.19. The van der Waals surface area contributed by atoms with Gasteiger partial charge in [0.25, 0.3) is 11.5 Å². The highest BCUT2D eigenvalue weighted by atomic mass is 35.5. The maximum Gasteiger partial charge on any atom is 0.330 e. The van der Waals surface area contributed by atoms with Gasteiger partial charge in [-0.15, -0.1) is 0 Å². The minimum absolute atomic E-state index is 0.0285. The average molecular weight is 377 g/mol. The van der Waals surface area contributed by atoms with Crippen molar-refractivity contribution in [3.8, 4) is 0 Å². The lowest BCUT2D eigenvalue weighted by Crippen LogP contribution is -2.38. The molecule has 1 heterocycles. The Morgan fingerprint density at radius 2 is 2.12 bits per heavy atom. The Kier molecular flexibility index (Phi) is 6.41. The van der Waals surface area contributed by atoms with E-state index in [2.05, 4.69) is 4.98 Å². The van der Waals surface area contributed by atoms with Crippen LogP contribution in [0, 0.1) is 0 Å². The van der Waals surface area contributed by atoms with Crippen molar-refractivity contribution < 1.29 is 4.79 Å². The molecule has 8 heteroatoms. The van der Waals surface area contributed by atoms with E-state index in [1.165, 1.54) is 17.7 Å². The molecule has 0 aliphatic rings. The Morgan fingerprint density at radius 3 is 2.77 bits per heavy atom. The number of carbonyl (C=O) groups excluding carboxylic acids is 1. The Morgan fingerprint density at radius 1 is 1.38 bits per heavy atom. The number of nitrogens with two attached hydrogens (primary N) is 1. The summed E-state index contributed by atoms with van der Waals surface area (Å²) in [6, 6.07) is 6.99. The first-order valence-corrected chi connectivity index (χ1v) is 8.57. The van der Waals surface area contributed by atoms with E-state index in [9.17, 15) is 14.4 Å². The number of benzene rings is 1. The van der Waals surface area contributed by atoms with Crippen molar-refractivity contribution in [2.45, 2.75) is 26.3 Å². The molecule has 1 aromatic heterocycles. The van der Waals surface area contributed by atoms with Gasteiger partial charge in [-0.3, -0.25) is 19.1 Å². The Hall–Kier alpha value is -2.80. The van der Waals surface area contributed by atoms with Crippen LogP contribution >= 0.6 is 11.6 Å². The molecule has 1 amide bonds. The summed E-state index contributed by atoms with van der Waals surface area (Å²) in [5.74, 6) is -0.484. The topological polar surface area (TPSA) is 101 Å². The van der Waals surface area contributed by atoms with E-state index in [1.54, 1.807) is 30.3 Å². The van der Waals surface area contributed by atoms with Crippen molar-refractivity contribution in [2.75, 3.05) is 17.7 Å². The minimum Gasteiger partial charge on any atom is -0.383 e. The van der Waals surface area contributed by atoms with Gasteiger partial charge in [0.05, 0.1) is 0 Å². The zero-order valence-electron chi connectivity index (χ0n) is 14.7. The third-order valence-corrected chi connectivity index (χ3v) is 4.12. The molecule has 0 saturated heterocycles. The first-order chi connectivity index (χ1) is 12.3. The van der Waals surface area contributed by atoms with Crippen molar-refractivity contribution in [1.82, 2.24) is 9.55 Å². The second-order valence-electron chi connectivity index (χ2n) is 5.78. The quantitative estimate of drug-likeness (QED) is 0.755. The van der Waals surface area contributed by atoms with Crippen LogP contribution < -0.4 is 21.9 Å². The predicted molar refractivity (Wildman–Crippen MR) is 105 cm³/mol.